The first-order valence-electron chi connectivity index (χ1n) is 11.3. The molecule has 0 aliphatic carbocycles. The quantitative estimate of drug-likeness (QED) is 0.140. The molecule has 162 valence electrons. The van der Waals surface area contributed by atoms with Gasteiger partial charge in [0.15, 0.2) is 8.32 Å². The minimum absolute atomic E-state index is 0.182. The van der Waals surface area contributed by atoms with Crippen molar-refractivity contribution in [3.05, 3.63) is 0 Å². The average Bonchev–Trinajstić information content (AvgIpc) is 2.59. The van der Waals surface area contributed by atoms with E-state index in [-0.39, 0.29) is 5.91 Å². The maximum absolute atomic E-state index is 12.0. The number of halogens is 1. The molecule has 0 bridgehead atoms. The number of alkyl halides is 1. The van der Waals surface area contributed by atoms with E-state index in [0.29, 0.717) is 36.2 Å². The highest BCUT2D eigenvalue weighted by Crippen LogP contribution is 2.41. The van der Waals surface area contributed by atoms with Crippen molar-refractivity contribution in [2.24, 2.45) is 0 Å². The number of hydrogen-bond acceptors (Lipinski definition) is 2. The van der Waals surface area contributed by atoms with E-state index in [1.54, 1.807) is 0 Å². The first-order valence-corrected chi connectivity index (χ1v) is 14.5. The Bertz CT molecular complexity index is 354. The first kappa shape index (κ1) is 27.1. The summed E-state index contributed by atoms with van der Waals surface area (Å²) in [5.41, 5.74) is 1.77. The van der Waals surface area contributed by atoms with E-state index in [1.807, 2.05) is 0 Å². The Kier molecular flexibility index (Phi) is 16.1. The normalized spacial score (nSPS) is 12.4. The second-order valence-electron chi connectivity index (χ2n) is 8.78. The van der Waals surface area contributed by atoms with Crippen LogP contribution in [0.4, 0.5) is 0 Å². The summed E-state index contributed by atoms with van der Waals surface area (Å²) in [5, 5.41) is 4.18. The van der Waals surface area contributed by atoms with E-state index in [1.165, 1.54) is 44.9 Å². The van der Waals surface area contributed by atoms with Crippen molar-refractivity contribution in [3.8, 4) is 0 Å². The van der Waals surface area contributed by atoms with Gasteiger partial charge in [-0.25, -0.2) is 0 Å². The largest absolute Gasteiger partial charge is 0.414 e. The molecule has 0 saturated heterocycles. The minimum Gasteiger partial charge on any atom is -0.414 e. The molecule has 0 spiro atoms. The molecule has 1 N–H and O–H groups in total. The second kappa shape index (κ2) is 16.0. The average molecular weight is 465 g/mol. The number of nitrogens with one attached hydrogen (secondary N) is 1. The molecule has 0 aromatic heterocycles. The van der Waals surface area contributed by atoms with Crippen molar-refractivity contribution in [1.29, 1.82) is 0 Å². The predicted molar refractivity (Wildman–Crippen MR) is 125 cm³/mol. The van der Waals surface area contributed by atoms with Crippen LogP contribution in [0.2, 0.25) is 16.6 Å². The van der Waals surface area contributed by atoms with Crippen LogP contribution in [0.3, 0.4) is 0 Å². The number of rotatable bonds is 17. The predicted octanol–water partition coefficient (Wildman–Crippen LogP) is 7.20. The highest BCUT2D eigenvalue weighted by atomic mass is 79.9. The summed E-state index contributed by atoms with van der Waals surface area (Å²) in [6.07, 6.45) is 10.7. The molecule has 0 aromatic carbocycles. The monoisotopic (exact) mass is 463 g/mol. The van der Waals surface area contributed by atoms with Gasteiger partial charge in [0.2, 0.25) is 5.91 Å². The van der Waals surface area contributed by atoms with Gasteiger partial charge in [-0.15, -0.1) is 0 Å². The SMILES string of the molecule is CC(C)[Si](OCCNC(=O)CCCCCCCCCCBr)(C(C)C)C(C)C. The summed E-state index contributed by atoms with van der Waals surface area (Å²) in [5.74, 6) is 0.182. The molecule has 0 aromatic rings. The van der Waals surface area contributed by atoms with Gasteiger partial charge in [-0.1, -0.05) is 96.0 Å². The van der Waals surface area contributed by atoms with E-state index in [4.69, 9.17) is 4.43 Å². The maximum Gasteiger partial charge on any atom is 0.220 e. The number of unbranched alkanes of at least 4 members (excludes halogenated alkanes) is 7. The molecule has 0 atom stereocenters. The topological polar surface area (TPSA) is 38.3 Å². The number of hydrogen-bond donors (Lipinski definition) is 1. The van der Waals surface area contributed by atoms with Gasteiger partial charge in [0.1, 0.15) is 0 Å². The van der Waals surface area contributed by atoms with Crippen LogP contribution in [0.5, 0.6) is 0 Å². The van der Waals surface area contributed by atoms with Crippen LogP contribution in [0, 0.1) is 0 Å². The standard InChI is InChI=1S/C22H46BrNO2Si/c1-19(2)27(20(3)4,21(5)6)26-18-17-24-22(25)15-13-11-9-7-8-10-12-14-16-23/h19-21H,7-18H2,1-6H3,(H,24,25). The molecule has 1 amide bonds. The first-order chi connectivity index (χ1) is 12.8. The smallest absolute Gasteiger partial charge is 0.220 e. The molecule has 0 radical (unpaired) electrons. The van der Waals surface area contributed by atoms with Gasteiger partial charge < -0.3 is 9.74 Å². The lowest BCUT2D eigenvalue weighted by molar-refractivity contribution is -0.121. The summed E-state index contributed by atoms with van der Waals surface area (Å²) in [6, 6.07) is 0. The van der Waals surface area contributed by atoms with Crippen molar-refractivity contribution >= 4 is 30.2 Å². The lowest BCUT2D eigenvalue weighted by atomic mass is 10.1. The van der Waals surface area contributed by atoms with Gasteiger partial charge >= 0.3 is 0 Å². The molecular formula is C22H46BrNO2Si. The summed E-state index contributed by atoms with van der Waals surface area (Å²) in [7, 11) is -1.81. The zero-order valence-corrected chi connectivity index (χ0v) is 21.5. The Balaban J connectivity index is 3.84. The fourth-order valence-corrected chi connectivity index (χ4v) is 10.3. The summed E-state index contributed by atoms with van der Waals surface area (Å²) >= 11 is 3.47. The van der Waals surface area contributed by atoms with E-state index < -0.39 is 8.32 Å². The van der Waals surface area contributed by atoms with Gasteiger partial charge in [0.25, 0.3) is 0 Å². The molecule has 0 aliphatic rings. The van der Waals surface area contributed by atoms with Crippen LogP contribution in [-0.2, 0) is 9.22 Å². The molecule has 0 heterocycles. The fraction of sp³-hybridized carbons (Fsp3) is 0.955. The molecule has 27 heavy (non-hydrogen) atoms. The van der Waals surface area contributed by atoms with Gasteiger partial charge in [0.05, 0.1) is 6.61 Å². The number of amides is 1. The van der Waals surface area contributed by atoms with Crippen LogP contribution in [0.1, 0.15) is 99.3 Å². The second-order valence-corrected chi connectivity index (χ2v) is 15.0. The van der Waals surface area contributed by atoms with E-state index >= 15 is 0 Å². The molecule has 0 unspecified atom stereocenters. The molecule has 0 fully saturated rings. The zero-order chi connectivity index (χ0) is 20.7. The molecule has 3 nitrogen and oxygen atoms in total. The maximum atomic E-state index is 12.0. The van der Waals surface area contributed by atoms with Crippen molar-refractivity contribution in [3.63, 3.8) is 0 Å². The van der Waals surface area contributed by atoms with Gasteiger partial charge in [-0.2, -0.15) is 0 Å². The number of carbonyl (C=O) groups is 1. The van der Waals surface area contributed by atoms with E-state index in [0.717, 1.165) is 11.8 Å². The fourth-order valence-electron chi connectivity index (χ4n) is 4.45. The van der Waals surface area contributed by atoms with Crippen LogP contribution in [-0.4, -0.2) is 32.7 Å². The molecule has 0 aliphatic heterocycles. The Hall–Kier alpha value is 0.127. The van der Waals surface area contributed by atoms with Crippen LogP contribution in [0.15, 0.2) is 0 Å². The Labute approximate surface area is 179 Å². The minimum atomic E-state index is -1.81. The van der Waals surface area contributed by atoms with E-state index in [2.05, 4.69) is 62.8 Å². The van der Waals surface area contributed by atoms with Crippen molar-refractivity contribution < 1.29 is 9.22 Å². The third kappa shape index (κ3) is 11.0. The van der Waals surface area contributed by atoms with Crippen molar-refractivity contribution in [2.75, 3.05) is 18.5 Å². The lowest BCUT2D eigenvalue weighted by Crippen LogP contribution is -2.49. The van der Waals surface area contributed by atoms with Crippen LogP contribution < -0.4 is 5.32 Å². The number of carbonyl (C=O) groups excluding carboxylic acids is 1. The zero-order valence-electron chi connectivity index (χ0n) is 18.9. The van der Waals surface area contributed by atoms with E-state index in [9.17, 15) is 4.79 Å². The third-order valence-corrected chi connectivity index (χ3v) is 12.4. The van der Waals surface area contributed by atoms with Crippen LogP contribution in [0.25, 0.3) is 0 Å². The Morgan fingerprint density at radius 1 is 0.815 bits per heavy atom. The van der Waals surface area contributed by atoms with Gasteiger partial charge in [-0.3, -0.25) is 4.79 Å². The Morgan fingerprint density at radius 2 is 1.26 bits per heavy atom. The van der Waals surface area contributed by atoms with Crippen molar-refractivity contribution in [2.45, 2.75) is 116 Å². The highest BCUT2D eigenvalue weighted by Gasteiger charge is 2.44. The molecule has 5 heteroatoms. The summed E-state index contributed by atoms with van der Waals surface area (Å²) in [6.45, 7) is 15.1. The van der Waals surface area contributed by atoms with Gasteiger partial charge in [0, 0.05) is 18.3 Å². The molecule has 0 saturated carbocycles. The van der Waals surface area contributed by atoms with Crippen LogP contribution >= 0.6 is 15.9 Å². The highest BCUT2D eigenvalue weighted by molar-refractivity contribution is 9.09. The summed E-state index contributed by atoms with van der Waals surface area (Å²) < 4.78 is 6.48. The third-order valence-electron chi connectivity index (χ3n) is 5.77. The molecule has 0 rings (SSSR count). The molecular weight excluding hydrogens is 418 g/mol. The summed E-state index contributed by atoms with van der Waals surface area (Å²) in [4.78, 5) is 12.0. The Morgan fingerprint density at radius 3 is 1.70 bits per heavy atom. The van der Waals surface area contributed by atoms with Crippen molar-refractivity contribution in [1.82, 2.24) is 5.32 Å². The van der Waals surface area contributed by atoms with Gasteiger partial charge in [-0.05, 0) is 29.5 Å². The lowest BCUT2D eigenvalue weighted by Gasteiger charge is -2.42.